The summed E-state index contributed by atoms with van der Waals surface area (Å²) in [5, 5.41) is 5.33. The third-order valence-corrected chi connectivity index (χ3v) is 4.64. The molecule has 1 aromatic carbocycles. The van der Waals surface area contributed by atoms with Crippen LogP contribution in [-0.2, 0) is 30.3 Å². The van der Waals surface area contributed by atoms with Gasteiger partial charge in [0.1, 0.15) is 17.8 Å². The van der Waals surface area contributed by atoms with Gasteiger partial charge >= 0.3 is 5.97 Å². The Kier molecular flexibility index (Phi) is 8.88. The van der Waals surface area contributed by atoms with E-state index in [9.17, 15) is 14.4 Å². The molecule has 0 bridgehead atoms. The van der Waals surface area contributed by atoms with Crippen molar-refractivity contribution >= 4 is 17.8 Å². The van der Waals surface area contributed by atoms with Crippen LogP contribution in [0.4, 0.5) is 0 Å². The van der Waals surface area contributed by atoms with E-state index in [2.05, 4.69) is 10.6 Å². The molecule has 2 amide bonds. The van der Waals surface area contributed by atoms with E-state index in [0.717, 1.165) is 5.56 Å². The molecule has 0 aliphatic carbocycles. The quantitative estimate of drug-likeness (QED) is 0.543. The van der Waals surface area contributed by atoms with Crippen LogP contribution in [-0.4, -0.2) is 81.8 Å². The summed E-state index contributed by atoms with van der Waals surface area (Å²) in [7, 11) is 2.84. The fourth-order valence-electron chi connectivity index (χ4n) is 2.94. The first-order valence-electron chi connectivity index (χ1n) is 9.53. The van der Waals surface area contributed by atoms with Crippen molar-refractivity contribution in [2.45, 2.75) is 25.4 Å². The molecule has 29 heavy (non-hydrogen) atoms. The minimum absolute atomic E-state index is 0.202. The van der Waals surface area contributed by atoms with Gasteiger partial charge in [0.15, 0.2) is 0 Å². The van der Waals surface area contributed by atoms with Crippen molar-refractivity contribution in [3.05, 3.63) is 29.8 Å². The van der Waals surface area contributed by atoms with E-state index in [1.807, 2.05) is 17.0 Å². The Balaban J connectivity index is 1.89. The van der Waals surface area contributed by atoms with Gasteiger partial charge in [0, 0.05) is 19.5 Å². The number of benzene rings is 1. The molecule has 2 unspecified atom stereocenters. The molecule has 2 rings (SSSR count). The maximum absolute atomic E-state index is 12.5. The Hall–Kier alpha value is -2.65. The summed E-state index contributed by atoms with van der Waals surface area (Å²) in [5.74, 6) is -0.562. The molecule has 9 heteroatoms. The van der Waals surface area contributed by atoms with Gasteiger partial charge in [-0.15, -0.1) is 0 Å². The summed E-state index contributed by atoms with van der Waals surface area (Å²) in [4.78, 5) is 38.8. The van der Waals surface area contributed by atoms with Gasteiger partial charge in [-0.2, -0.15) is 0 Å². The van der Waals surface area contributed by atoms with Gasteiger partial charge in [-0.1, -0.05) is 12.1 Å². The normalized spacial score (nSPS) is 16.4. The number of hydrogen-bond acceptors (Lipinski definition) is 7. The first-order valence-corrected chi connectivity index (χ1v) is 9.53. The van der Waals surface area contributed by atoms with Gasteiger partial charge in [-0.3, -0.25) is 14.5 Å². The molecule has 1 aliphatic rings. The molecule has 160 valence electrons. The van der Waals surface area contributed by atoms with Gasteiger partial charge in [0.25, 0.3) is 0 Å². The zero-order valence-corrected chi connectivity index (χ0v) is 17.1. The predicted molar refractivity (Wildman–Crippen MR) is 106 cm³/mol. The smallest absolute Gasteiger partial charge is 0.328 e. The highest BCUT2D eigenvalue weighted by Crippen LogP contribution is 2.13. The van der Waals surface area contributed by atoms with Crippen molar-refractivity contribution in [1.82, 2.24) is 15.5 Å². The third-order valence-electron chi connectivity index (χ3n) is 4.64. The lowest BCUT2D eigenvalue weighted by Gasteiger charge is -2.26. The van der Waals surface area contributed by atoms with Crippen LogP contribution in [0.25, 0.3) is 0 Å². The predicted octanol–water partition coefficient (Wildman–Crippen LogP) is -0.268. The number of morpholine rings is 1. The summed E-state index contributed by atoms with van der Waals surface area (Å²) in [6.07, 6.45) is 0.261. The molecule has 2 N–H and O–H groups in total. The second-order valence-corrected chi connectivity index (χ2v) is 6.81. The summed E-state index contributed by atoms with van der Waals surface area (Å²) in [6, 6.07) is 5.54. The molecule has 0 aromatic heterocycles. The van der Waals surface area contributed by atoms with Gasteiger partial charge < -0.3 is 24.8 Å². The molecule has 2 atom stereocenters. The highest BCUT2D eigenvalue weighted by molar-refractivity contribution is 5.91. The molecule has 0 spiro atoms. The Morgan fingerprint density at radius 2 is 1.76 bits per heavy atom. The summed E-state index contributed by atoms with van der Waals surface area (Å²) in [5.41, 5.74) is 0.838. The van der Waals surface area contributed by atoms with E-state index in [1.165, 1.54) is 7.11 Å². The molecule has 1 aromatic rings. The van der Waals surface area contributed by atoms with Crippen molar-refractivity contribution in [2.75, 3.05) is 47.1 Å². The van der Waals surface area contributed by atoms with Crippen LogP contribution in [0.1, 0.15) is 12.5 Å². The number of amides is 2. The van der Waals surface area contributed by atoms with E-state index in [4.69, 9.17) is 14.2 Å². The Bertz CT molecular complexity index is 688. The number of ether oxygens (including phenoxy) is 3. The highest BCUT2D eigenvalue weighted by atomic mass is 16.5. The Morgan fingerprint density at radius 3 is 2.34 bits per heavy atom. The van der Waals surface area contributed by atoms with E-state index in [1.54, 1.807) is 26.2 Å². The van der Waals surface area contributed by atoms with Gasteiger partial charge in [0.2, 0.25) is 11.8 Å². The number of esters is 1. The summed E-state index contributed by atoms with van der Waals surface area (Å²) < 4.78 is 15.2. The van der Waals surface area contributed by atoms with Crippen LogP contribution in [0.2, 0.25) is 0 Å². The average molecular weight is 407 g/mol. The van der Waals surface area contributed by atoms with E-state index >= 15 is 0 Å². The first-order chi connectivity index (χ1) is 13.9. The van der Waals surface area contributed by atoms with Gasteiger partial charge in [-0.05, 0) is 24.6 Å². The number of nitrogens with zero attached hydrogens (tertiary/aromatic N) is 1. The van der Waals surface area contributed by atoms with Crippen molar-refractivity contribution in [3.8, 4) is 5.75 Å². The van der Waals surface area contributed by atoms with Crippen LogP contribution >= 0.6 is 0 Å². The van der Waals surface area contributed by atoms with Crippen molar-refractivity contribution in [1.29, 1.82) is 0 Å². The number of nitrogens with one attached hydrogen (secondary N) is 2. The number of methoxy groups -OCH3 is 2. The Morgan fingerprint density at radius 1 is 1.10 bits per heavy atom. The number of hydrogen-bond donors (Lipinski definition) is 2. The fourth-order valence-corrected chi connectivity index (χ4v) is 2.94. The van der Waals surface area contributed by atoms with Gasteiger partial charge in [0.05, 0.1) is 34.0 Å². The molecule has 9 nitrogen and oxygen atoms in total. The zero-order chi connectivity index (χ0) is 21.2. The largest absolute Gasteiger partial charge is 0.497 e. The second kappa shape index (κ2) is 11.4. The summed E-state index contributed by atoms with van der Waals surface area (Å²) in [6.45, 7) is 4.33. The summed E-state index contributed by atoms with van der Waals surface area (Å²) >= 11 is 0. The molecule has 1 fully saturated rings. The lowest BCUT2D eigenvalue weighted by Crippen LogP contribution is -2.53. The van der Waals surface area contributed by atoms with Gasteiger partial charge in [-0.25, -0.2) is 4.79 Å². The molecule has 1 aliphatic heterocycles. The topological polar surface area (TPSA) is 106 Å². The lowest BCUT2D eigenvalue weighted by molar-refractivity contribution is -0.145. The highest BCUT2D eigenvalue weighted by Gasteiger charge is 2.26. The lowest BCUT2D eigenvalue weighted by atomic mass is 10.1. The van der Waals surface area contributed by atoms with Crippen LogP contribution in [0.3, 0.4) is 0 Å². The fraction of sp³-hybridized carbons (Fsp3) is 0.550. The van der Waals surface area contributed by atoms with E-state index < -0.39 is 24.0 Å². The monoisotopic (exact) mass is 407 g/mol. The van der Waals surface area contributed by atoms with Crippen LogP contribution in [0.15, 0.2) is 24.3 Å². The van der Waals surface area contributed by atoms with Crippen molar-refractivity contribution in [3.63, 3.8) is 0 Å². The SMILES string of the molecule is COC(=O)C(Cc1ccc(OC)cc1)NC(=O)C(C)NC(=O)CN1CCOCC1. The Labute approximate surface area is 170 Å². The first kappa shape index (κ1) is 22.6. The van der Waals surface area contributed by atoms with Crippen LogP contribution in [0.5, 0.6) is 5.75 Å². The molecule has 1 saturated heterocycles. The molecular weight excluding hydrogens is 378 g/mol. The average Bonchev–Trinajstić information content (AvgIpc) is 2.73. The minimum atomic E-state index is -0.862. The molecular formula is C20H29N3O6. The zero-order valence-electron chi connectivity index (χ0n) is 17.1. The second-order valence-electron chi connectivity index (χ2n) is 6.81. The minimum Gasteiger partial charge on any atom is -0.497 e. The number of carbonyl (C=O) groups is 3. The molecule has 0 radical (unpaired) electrons. The third kappa shape index (κ3) is 7.35. The number of carbonyl (C=O) groups excluding carboxylic acids is 3. The van der Waals surface area contributed by atoms with Crippen molar-refractivity contribution in [2.24, 2.45) is 0 Å². The van der Waals surface area contributed by atoms with Crippen LogP contribution < -0.4 is 15.4 Å². The number of rotatable bonds is 9. The van der Waals surface area contributed by atoms with E-state index in [0.29, 0.717) is 32.1 Å². The van der Waals surface area contributed by atoms with Crippen molar-refractivity contribution < 1.29 is 28.6 Å². The standard InChI is InChI=1S/C20H29N3O6/c1-14(21-18(24)13-23-8-10-29-11-9-23)19(25)22-17(20(26)28-3)12-15-4-6-16(27-2)7-5-15/h4-7,14,17H,8-13H2,1-3H3,(H,21,24)(H,22,25). The van der Waals surface area contributed by atoms with E-state index in [-0.39, 0.29) is 18.9 Å². The van der Waals surface area contributed by atoms with Crippen LogP contribution in [0, 0.1) is 0 Å². The maximum Gasteiger partial charge on any atom is 0.328 e. The molecule has 0 saturated carbocycles. The maximum atomic E-state index is 12.5. The molecule has 1 heterocycles.